The molecule has 0 saturated carbocycles. The molecular formula is C16H17N5O3. The van der Waals surface area contributed by atoms with Crippen LogP contribution in [0.3, 0.4) is 0 Å². The molecular weight excluding hydrogens is 310 g/mol. The third-order valence-electron chi connectivity index (χ3n) is 4.33. The zero-order valence-corrected chi connectivity index (χ0v) is 13.2. The van der Waals surface area contributed by atoms with Crippen LogP contribution in [0.15, 0.2) is 28.8 Å². The summed E-state index contributed by atoms with van der Waals surface area (Å²) in [5.74, 6) is 0.602. The molecule has 0 radical (unpaired) electrons. The number of rotatable bonds is 4. The highest BCUT2D eigenvalue weighted by molar-refractivity contribution is 5.87. The number of furan rings is 1. The summed E-state index contributed by atoms with van der Waals surface area (Å²) in [5.41, 5.74) is 2.79. The molecule has 3 aromatic heterocycles. The molecule has 8 heteroatoms. The van der Waals surface area contributed by atoms with E-state index in [2.05, 4.69) is 20.2 Å². The molecule has 0 spiro atoms. The number of fused-ring (bicyclic) bond motifs is 1. The third-order valence-corrected chi connectivity index (χ3v) is 4.33. The third kappa shape index (κ3) is 2.50. The zero-order valence-electron chi connectivity index (χ0n) is 13.2. The van der Waals surface area contributed by atoms with E-state index < -0.39 is 5.97 Å². The van der Waals surface area contributed by atoms with Gasteiger partial charge in [0.2, 0.25) is 0 Å². The molecule has 0 fully saturated rings. The summed E-state index contributed by atoms with van der Waals surface area (Å²) < 4.78 is 7.53. The number of H-pyrrole nitrogens is 1. The van der Waals surface area contributed by atoms with Gasteiger partial charge in [0.1, 0.15) is 11.5 Å². The number of aromatic carboxylic acids is 1. The number of aryl methyl sites for hydroxylation is 1. The van der Waals surface area contributed by atoms with Crippen LogP contribution in [0.4, 0.5) is 0 Å². The Labute approximate surface area is 137 Å². The van der Waals surface area contributed by atoms with Crippen molar-refractivity contribution in [2.45, 2.75) is 19.5 Å². The molecule has 4 heterocycles. The van der Waals surface area contributed by atoms with Crippen LogP contribution in [0.2, 0.25) is 0 Å². The standard InChI is InChI=1S/C16H17N5O3/c1-20-13-5-7-21(9-11(13)15(19-20)16(22)23)8-10-2-3-14(24-10)12-4-6-17-18-12/h2-4,6H,5,7-9H2,1H3,(H,17,18)(H,22,23). The van der Waals surface area contributed by atoms with Crippen LogP contribution in [0.1, 0.15) is 27.5 Å². The predicted molar refractivity (Wildman–Crippen MR) is 84.3 cm³/mol. The summed E-state index contributed by atoms with van der Waals surface area (Å²) in [6, 6.07) is 5.70. The lowest BCUT2D eigenvalue weighted by Gasteiger charge is -2.26. The number of aromatic nitrogens is 4. The van der Waals surface area contributed by atoms with Crippen molar-refractivity contribution in [2.75, 3.05) is 6.54 Å². The molecule has 0 amide bonds. The van der Waals surface area contributed by atoms with E-state index in [9.17, 15) is 9.90 Å². The molecule has 0 aliphatic carbocycles. The van der Waals surface area contributed by atoms with Gasteiger partial charge in [0, 0.05) is 44.0 Å². The molecule has 0 saturated heterocycles. The van der Waals surface area contributed by atoms with E-state index in [0.717, 1.165) is 41.4 Å². The Balaban J connectivity index is 1.52. The van der Waals surface area contributed by atoms with Crippen LogP contribution in [-0.2, 0) is 26.6 Å². The Kier molecular flexibility index (Phi) is 3.46. The molecule has 1 aliphatic heterocycles. The molecule has 3 aromatic rings. The first kappa shape index (κ1) is 14.7. The second kappa shape index (κ2) is 5.64. The van der Waals surface area contributed by atoms with Crippen molar-refractivity contribution in [1.29, 1.82) is 0 Å². The normalized spacial score (nSPS) is 14.7. The lowest BCUT2D eigenvalue weighted by Crippen LogP contribution is -2.31. The maximum Gasteiger partial charge on any atom is 0.356 e. The number of carbonyl (C=O) groups is 1. The van der Waals surface area contributed by atoms with Gasteiger partial charge in [-0.3, -0.25) is 14.7 Å². The lowest BCUT2D eigenvalue weighted by molar-refractivity contribution is 0.0687. The SMILES string of the molecule is Cn1nc(C(=O)O)c2c1CCN(Cc1ccc(-c3ccn[nH]3)o1)C2. The van der Waals surface area contributed by atoms with E-state index in [0.29, 0.717) is 13.1 Å². The highest BCUT2D eigenvalue weighted by Crippen LogP contribution is 2.25. The van der Waals surface area contributed by atoms with Crippen molar-refractivity contribution in [1.82, 2.24) is 24.9 Å². The second-order valence-corrected chi connectivity index (χ2v) is 5.90. The molecule has 124 valence electrons. The van der Waals surface area contributed by atoms with Crippen LogP contribution in [0.25, 0.3) is 11.5 Å². The van der Waals surface area contributed by atoms with Crippen molar-refractivity contribution >= 4 is 5.97 Å². The number of hydrogen-bond donors (Lipinski definition) is 2. The van der Waals surface area contributed by atoms with E-state index in [4.69, 9.17) is 4.42 Å². The van der Waals surface area contributed by atoms with Crippen molar-refractivity contribution < 1.29 is 14.3 Å². The van der Waals surface area contributed by atoms with E-state index in [1.165, 1.54) is 0 Å². The van der Waals surface area contributed by atoms with Crippen molar-refractivity contribution in [3.05, 3.63) is 47.1 Å². The van der Waals surface area contributed by atoms with Gasteiger partial charge in [-0.05, 0) is 18.2 Å². The average Bonchev–Trinajstić information content (AvgIpc) is 3.27. The topological polar surface area (TPSA) is 100 Å². The first-order chi connectivity index (χ1) is 11.6. The minimum atomic E-state index is -0.978. The maximum atomic E-state index is 11.4. The van der Waals surface area contributed by atoms with Gasteiger partial charge < -0.3 is 9.52 Å². The number of nitrogens with one attached hydrogen (secondary N) is 1. The van der Waals surface area contributed by atoms with Gasteiger partial charge in [0.15, 0.2) is 11.5 Å². The summed E-state index contributed by atoms with van der Waals surface area (Å²) in [7, 11) is 1.80. The number of hydrogen-bond acceptors (Lipinski definition) is 5. The summed E-state index contributed by atoms with van der Waals surface area (Å²) in [5, 5.41) is 20.2. The zero-order chi connectivity index (χ0) is 16.7. The van der Waals surface area contributed by atoms with Crippen LogP contribution >= 0.6 is 0 Å². The Bertz CT molecular complexity index is 878. The van der Waals surface area contributed by atoms with Gasteiger partial charge in [0.25, 0.3) is 0 Å². The average molecular weight is 327 g/mol. The quantitative estimate of drug-likeness (QED) is 0.756. The molecule has 2 N–H and O–H groups in total. The summed E-state index contributed by atoms with van der Waals surface area (Å²) in [4.78, 5) is 13.5. The number of carboxylic acids is 1. The molecule has 0 bridgehead atoms. The highest BCUT2D eigenvalue weighted by Gasteiger charge is 2.27. The summed E-state index contributed by atoms with van der Waals surface area (Å²) in [6.45, 7) is 2.03. The van der Waals surface area contributed by atoms with Crippen molar-refractivity contribution in [2.24, 2.45) is 7.05 Å². The first-order valence-electron chi connectivity index (χ1n) is 7.70. The van der Waals surface area contributed by atoms with Crippen molar-refractivity contribution in [3.8, 4) is 11.5 Å². The fraction of sp³-hybridized carbons (Fsp3) is 0.312. The van der Waals surface area contributed by atoms with E-state index in [1.54, 1.807) is 17.9 Å². The van der Waals surface area contributed by atoms with Crippen LogP contribution < -0.4 is 0 Å². The van der Waals surface area contributed by atoms with Crippen LogP contribution in [0.5, 0.6) is 0 Å². The van der Waals surface area contributed by atoms with Gasteiger partial charge in [-0.1, -0.05) is 0 Å². The molecule has 8 nitrogen and oxygen atoms in total. The largest absolute Gasteiger partial charge is 0.476 e. The number of nitrogens with zero attached hydrogens (tertiary/aromatic N) is 4. The second-order valence-electron chi connectivity index (χ2n) is 5.90. The lowest BCUT2D eigenvalue weighted by atomic mass is 10.0. The fourth-order valence-corrected chi connectivity index (χ4v) is 3.18. The van der Waals surface area contributed by atoms with Crippen LogP contribution in [0, 0.1) is 0 Å². The molecule has 24 heavy (non-hydrogen) atoms. The smallest absolute Gasteiger partial charge is 0.356 e. The van der Waals surface area contributed by atoms with E-state index in [1.807, 2.05) is 18.2 Å². The maximum absolute atomic E-state index is 11.4. The van der Waals surface area contributed by atoms with Gasteiger partial charge in [-0.15, -0.1) is 0 Å². The molecule has 1 aliphatic rings. The van der Waals surface area contributed by atoms with Crippen molar-refractivity contribution in [3.63, 3.8) is 0 Å². The van der Waals surface area contributed by atoms with Gasteiger partial charge >= 0.3 is 5.97 Å². The fourth-order valence-electron chi connectivity index (χ4n) is 3.18. The monoisotopic (exact) mass is 327 g/mol. The highest BCUT2D eigenvalue weighted by atomic mass is 16.4. The number of carboxylic acid groups (broad SMARTS) is 1. The molecule has 0 atom stereocenters. The first-order valence-corrected chi connectivity index (χ1v) is 7.70. The minimum Gasteiger partial charge on any atom is -0.476 e. The van der Waals surface area contributed by atoms with E-state index >= 15 is 0 Å². The molecule has 4 rings (SSSR count). The van der Waals surface area contributed by atoms with E-state index in [-0.39, 0.29) is 5.69 Å². The summed E-state index contributed by atoms with van der Waals surface area (Å²) >= 11 is 0. The van der Waals surface area contributed by atoms with Gasteiger partial charge in [-0.2, -0.15) is 10.2 Å². The molecule has 0 unspecified atom stereocenters. The Morgan fingerprint density at radius 3 is 3.04 bits per heavy atom. The Morgan fingerprint density at radius 1 is 1.42 bits per heavy atom. The predicted octanol–water partition coefficient (Wildman–Crippen LogP) is 1.66. The Hall–Kier alpha value is -2.87. The van der Waals surface area contributed by atoms with Gasteiger partial charge in [0.05, 0.1) is 6.54 Å². The Morgan fingerprint density at radius 2 is 2.29 bits per heavy atom. The summed E-state index contributed by atoms with van der Waals surface area (Å²) in [6.07, 6.45) is 2.46. The minimum absolute atomic E-state index is 0.148. The number of aromatic amines is 1. The molecule has 0 aromatic carbocycles. The van der Waals surface area contributed by atoms with Crippen LogP contribution in [-0.4, -0.2) is 42.5 Å². The van der Waals surface area contributed by atoms with Gasteiger partial charge in [-0.25, -0.2) is 4.79 Å².